The van der Waals surface area contributed by atoms with Crippen molar-refractivity contribution >= 4 is 21.8 Å². The third-order valence-corrected chi connectivity index (χ3v) is 8.16. The van der Waals surface area contributed by atoms with Crippen molar-refractivity contribution in [2.45, 2.75) is 44.9 Å². The van der Waals surface area contributed by atoms with Crippen LogP contribution in [0.5, 0.6) is 0 Å². The van der Waals surface area contributed by atoms with Crippen LogP contribution >= 0.6 is 0 Å². The minimum Gasteiger partial charge on any atom is -0.366 e. The zero-order valence-corrected chi connectivity index (χ0v) is 19.7. The SMILES string of the molecule is Cc1cc(C)c(S(=O)(=O)N2CCC(C(=O)NCCc3cccc(C(N)=O)c3)CC2)c(C)c1. The zero-order valence-electron chi connectivity index (χ0n) is 18.8. The van der Waals surface area contributed by atoms with E-state index in [1.54, 1.807) is 18.2 Å². The number of rotatable bonds is 7. The highest BCUT2D eigenvalue weighted by atomic mass is 32.2. The molecule has 0 atom stereocenters. The lowest BCUT2D eigenvalue weighted by atomic mass is 9.97. The lowest BCUT2D eigenvalue weighted by Crippen LogP contribution is -2.43. The molecule has 0 radical (unpaired) electrons. The zero-order chi connectivity index (χ0) is 23.5. The number of sulfonamides is 1. The summed E-state index contributed by atoms with van der Waals surface area (Å²) in [5.74, 6) is -0.747. The number of amides is 2. The number of primary amides is 1. The molecule has 1 aliphatic rings. The molecule has 7 nitrogen and oxygen atoms in total. The van der Waals surface area contributed by atoms with Gasteiger partial charge < -0.3 is 11.1 Å². The Hall–Kier alpha value is -2.71. The van der Waals surface area contributed by atoms with E-state index in [1.807, 2.05) is 39.0 Å². The predicted octanol–water partition coefficient (Wildman–Crippen LogP) is 2.47. The fourth-order valence-corrected chi connectivity index (χ4v) is 6.30. The van der Waals surface area contributed by atoms with Gasteiger partial charge in [0.05, 0.1) is 4.90 Å². The number of carbonyl (C=O) groups is 2. The molecule has 32 heavy (non-hydrogen) atoms. The van der Waals surface area contributed by atoms with Crippen LogP contribution in [0.1, 0.15) is 45.5 Å². The highest BCUT2D eigenvalue weighted by molar-refractivity contribution is 7.89. The summed E-state index contributed by atoms with van der Waals surface area (Å²) in [5.41, 5.74) is 9.21. The molecule has 172 valence electrons. The predicted molar refractivity (Wildman–Crippen MR) is 124 cm³/mol. The van der Waals surface area contributed by atoms with Gasteiger partial charge in [0.2, 0.25) is 21.8 Å². The van der Waals surface area contributed by atoms with Gasteiger partial charge in [0, 0.05) is 31.1 Å². The van der Waals surface area contributed by atoms with Crippen molar-refractivity contribution in [2.75, 3.05) is 19.6 Å². The van der Waals surface area contributed by atoms with E-state index in [0.717, 1.165) is 22.3 Å². The van der Waals surface area contributed by atoms with Crippen LogP contribution in [0, 0.1) is 26.7 Å². The Morgan fingerprint density at radius 2 is 1.69 bits per heavy atom. The lowest BCUT2D eigenvalue weighted by molar-refractivity contribution is -0.126. The molecule has 0 saturated carbocycles. The molecule has 0 aromatic heterocycles. The molecular formula is C24H31N3O4S. The van der Waals surface area contributed by atoms with E-state index in [-0.39, 0.29) is 11.8 Å². The molecular weight excluding hydrogens is 426 g/mol. The molecule has 0 unspecified atom stereocenters. The van der Waals surface area contributed by atoms with Gasteiger partial charge in [0.15, 0.2) is 0 Å². The van der Waals surface area contributed by atoms with Gasteiger partial charge in [-0.25, -0.2) is 8.42 Å². The van der Waals surface area contributed by atoms with Crippen LogP contribution < -0.4 is 11.1 Å². The topological polar surface area (TPSA) is 110 Å². The normalized spacial score (nSPS) is 15.5. The summed E-state index contributed by atoms with van der Waals surface area (Å²) in [4.78, 5) is 24.2. The smallest absolute Gasteiger partial charge is 0.248 e. The quantitative estimate of drug-likeness (QED) is 0.665. The van der Waals surface area contributed by atoms with E-state index >= 15 is 0 Å². The van der Waals surface area contributed by atoms with Crippen molar-refractivity contribution in [1.29, 1.82) is 0 Å². The first-order chi connectivity index (χ1) is 15.1. The van der Waals surface area contributed by atoms with Crippen LogP contribution in [0.4, 0.5) is 0 Å². The molecule has 1 saturated heterocycles. The van der Waals surface area contributed by atoms with Gasteiger partial charge in [-0.05, 0) is 68.9 Å². The second-order valence-corrected chi connectivity index (χ2v) is 10.4. The fourth-order valence-electron chi connectivity index (χ4n) is 4.42. The van der Waals surface area contributed by atoms with Crippen LogP contribution in [0.25, 0.3) is 0 Å². The molecule has 3 rings (SSSR count). The maximum atomic E-state index is 13.2. The van der Waals surface area contributed by atoms with Crippen LogP contribution in [0.2, 0.25) is 0 Å². The molecule has 2 aromatic rings. The summed E-state index contributed by atoms with van der Waals surface area (Å²) in [6.45, 7) is 6.70. The Morgan fingerprint density at radius 3 is 2.28 bits per heavy atom. The van der Waals surface area contributed by atoms with Crippen LogP contribution in [-0.4, -0.2) is 44.2 Å². The Kier molecular flexibility index (Phi) is 7.36. The molecule has 2 amide bonds. The molecule has 0 aliphatic carbocycles. The van der Waals surface area contributed by atoms with E-state index < -0.39 is 15.9 Å². The summed E-state index contributed by atoms with van der Waals surface area (Å²) in [7, 11) is -3.59. The summed E-state index contributed by atoms with van der Waals surface area (Å²) < 4.78 is 27.9. The first-order valence-corrected chi connectivity index (χ1v) is 12.3. The number of hydrogen-bond donors (Lipinski definition) is 2. The van der Waals surface area contributed by atoms with Crippen LogP contribution in [0.3, 0.4) is 0 Å². The first kappa shape index (κ1) is 23.9. The second kappa shape index (κ2) is 9.83. The third kappa shape index (κ3) is 5.37. The van der Waals surface area contributed by atoms with Crippen molar-refractivity contribution in [3.8, 4) is 0 Å². The highest BCUT2D eigenvalue weighted by Gasteiger charge is 2.33. The average molecular weight is 458 g/mol. The second-order valence-electron chi connectivity index (χ2n) is 8.51. The minimum absolute atomic E-state index is 0.0594. The number of nitrogens with zero attached hydrogens (tertiary/aromatic N) is 1. The van der Waals surface area contributed by atoms with E-state index in [2.05, 4.69) is 5.32 Å². The highest BCUT2D eigenvalue weighted by Crippen LogP contribution is 2.28. The molecule has 0 bridgehead atoms. The monoisotopic (exact) mass is 457 g/mol. The Bertz CT molecular complexity index is 1100. The maximum absolute atomic E-state index is 13.2. The summed E-state index contributed by atoms with van der Waals surface area (Å²) in [5, 5.41) is 2.94. The first-order valence-electron chi connectivity index (χ1n) is 10.8. The van der Waals surface area contributed by atoms with Gasteiger partial charge in [-0.2, -0.15) is 4.31 Å². The Morgan fingerprint density at radius 1 is 1.06 bits per heavy atom. The summed E-state index contributed by atoms with van der Waals surface area (Å²) in [6, 6.07) is 10.8. The molecule has 8 heteroatoms. The molecule has 1 aliphatic heterocycles. The number of carbonyl (C=O) groups excluding carboxylic acids is 2. The van der Waals surface area contributed by atoms with Gasteiger partial charge in [-0.3, -0.25) is 9.59 Å². The van der Waals surface area contributed by atoms with E-state index in [9.17, 15) is 18.0 Å². The van der Waals surface area contributed by atoms with Gasteiger partial charge in [-0.1, -0.05) is 29.8 Å². The van der Waals surface area contributed by atoms with Gasteiger partial charge in [-0.15, -0.1) is 0 Å². The number of nitrogens with two attached hydrogens (primary N) is 1. The number of aryl methyl sites for hydroxylation is 3. The Balaban J connectivity index is 1.54. The standard InChI is InChI=1S/C24H31N3O4S/c1-16-13-17(2)22(18(3)14-16)32(30,31)27-11-8-20(9-12-27)24(29)26-10-7-19-5-4-6-21(15-19)23(25)28/h4-6,13-15,20H,7-12H2,1-3H3,(H2,25,28)(H,26,29). The fraction of sp³-hybridized carbons (Fsp3) is 0.417. The van der Waals surface area contributed by atoms with Gasteiger partial charge in [0.25, 0.3) is 0 Å². The van der Waals surface area contributed by atoms with Crippen molar-refractivity contribution in [3.63, 3.8) is 0 Å². The van der Waals surface area contributed by atoms with Crippen molar-refractivity contribution in [3.05, 3.63) is 64.2 Å². The van der Waals surface area contributed by atoms with Crippen LogP contribution in [0.15, 0.2) is 41.3 Å². The van der Waals surface area contributed by atoms with Crippen molar-refractivity contribution in [2.24, 2.45) is 11.7 Å². The van der Waals surface area contributed by atoms with Crippen molar-refractivity contribution < 1.29 is 18.0 Å². The van der Waals surface area contributed by atoms with E-state index in [4.69, 9.17) is 5.73 Å². The van der Waals surface area contributed by atoms with E-state index in [1.165, 1.54) is 4.31 Å². The number of benzene rings is 2. The van der Waals surface area contributed by atoms with Gasteiger partial charge in [0.1, 0.15) is 0 Å². The van der Waals surface area contributed by atoms with Gasteiger partial charge >= 0.3 is 0 Å². The lowest BCUT2D eigenvalue weighted by Gasteiger charge is -2.31. The molecule has 1 heterocycles. The molecule has 2 aromatic carbocycles. The summed E-state index contributed by atoms with van der Waals surface area (Å²) in [6.07, 6.45) is 1.57. The third-order valence-electron chi connectivity index (χ3n) is 5.95. The molecule has 0 spiro atoms. The van der Waals surface area contributed by atoms with Crippen molar-refractivity contribution in [1.82, 2.24) is 9.62 Å². The van der Waals surface area contributed by atoms with Crippen LogP contribution in [-0.2, 0) is 21.2 Å². The number of hydrogen-bond acceptors (Lipinski definition) is 4. The molecule has 1 fully saturated rings. The maximum Gasteiger partial charge on any atom is 0.248 e. The molecule has 3 N–H and O–H groups in total. The Labute approximate surface area is 190 Å². The number of nitrogens with one attached hydrogen (secondary N) is 1. The average Bonchev–Trinajstić information content (AvgIpc) is 2.73. The van der Waals surface area contributed by atoms with E-state index in [0.29, 0.717) is 49.4 Å². The minimum atomic E-state index is -3.59. The summed E-state index contributed by atoms with van der Waals surface area (Å²) >= 11 is 0. The largest absolute Gasteiger partial charge is 0.366 e. The number of piperidine rings is 1.